The first kappa shape index (κ1) is 20.9. The van der Waals surface area contributed by atoms with E-state index in [9.17, 15) is 17.6 Å². The van der Waals surface area contributed by atoms with Crippen LogP contribution in [0.4, 0.5) is 15.8 Å². The number of amides is 1. The fraction of sp³-hybridized carbons (Fsp3) is 0.0952. The topological polar surface area (TPSA) is 66.5 Å². The second-order valence-electron chi connectivity index (χ2n) is 6.08. The summed E-state index contributed by atoms with van der Waals surface area (Å²) in [7, 11) is -4.07. The molecule has 0 radical (unpaired) electrons. The van der Waals surface area contributed by atoms with Gasteiger partial charge in [0.1, 0.15) is 12.4 Å². The van der Waals surface area contributed by atoms with E-state index in [1.165, 1.54) is 12.1 Å². The molecular formula is C21H19FN2O3S2. The van der Waals surface area contributed by atoms with Crippen molar-refractivity contribution in [2.75, 3.05) is 22.4 Å². The average molecular weight is 431 g/mol. The smallest absolute Gasteiger partial charge is 0.264 e. The van der Waals surface area contributed by atoms with Gasteiger partial charge in [-0.2, -0.15) is 0 Å². The molecule has 1 N–H and O–H groups in total. The molecule has 0 heterocycles. The number of carbonyl (C=O) groups is 1. The number of nitrogens with zero attached hydrogens (tertiary/aromatic N) is 1. The molecule has 0 aromatic heterocycles. The quantitative estimate of drug-likeness (QED) is 0.565. The molecule has 0 aliphatic heterocycles. The molecule has 0 atom stereocenters. The van der Waals surface area contributed by atoms with Gasteiger partial charge in [-0.1, -0.05) is 18.2 Å². The molecule has 0 spiro atoms. The number of benzene rings is 3. The Morgan fingerprint density at radius 2 is 1.59 bits per heavy atom. The lowest BCUT2D eigenvalue weighted by Crippen LogP contribution is -2.38. The third-order valence-corrected chi connectivity index (χ3v) is 6.64. The number of hydrogen-bond donors (Lipinski definition) is 1. The van der Waals surface area contributed by atoms with E-state index in [0.29, 0.717) is 11.4 Å². The Balaban J connectivity index is 1.87. The van der Waals surface area contributed by atoms with Gasteiger partial charge in [-0.3, -0.25) is 9.10 Å². The number of nitrogens with one attached hydrogen (secondary N) is 1. The molecule has 0 aliphatic carbocycles. The molecule has 0 unspecified atom stereocenters. The molecule has 0 fully saturated rings. The van der Waals surface area contributed by atoms with E-state index in [4.69, 9.17) is 0 Å². The first-order valence-corrected chi connectivity index (χ1v) is 11.3. The van der Waals surface area contributed by atoms with Crippen LogP contribution in [0.25, 0.3) is 0 Å². The van der Waals surface area contributed by atoms with Crippen molar-refractivity contribution >= 4 is 39.1 Å². The summed E-state index contributed by atoms with van der Waals surface area (Å²) in [5.41, 5.74) is 0.907. The number of para-hydroxylation sites is 1. The summed E-state index contributed by atoms with van der Waals surface area (Å²) in [6, 6.07) is 20.1. The number of hydrogen-bond acceptors (Lipinski definition) is 4. The highest BCUT2D eigenvalue weighted by Crippen LogP contribution is 2.24. The molecule has 0 saturated carbocycles. The van der Waals surface area contributed by atoms with Crippen LogP contribution in [-0.4, -0.2) is 27.1 Å². The zero-order chi connectivity index (χ0) is 20.9. The first-order chi connectivity index (χ1) is 13.9. The molecule has 0 bridgehead atoms. The lowest BCUT2D eigenvalue weighted by atomic mass is 10.3. The zero-order valence-electron chi connectivity index (χ0n) is 15.6. The van der Waals surface area contributed by atoms with Crippen LogP contribution in [0.3, 0.4) is 0 Å². The summed E-state index contributed by atoms with van der Waals surface area (Å²) < 4.78 is 40.5. The van der Waals surface area contributed by atoms with Crippen molar-refractivity contribution in [3.63, 3.8) is 0 Å². The van der Waals surface area contributed by atoms with Crippen molar-refractivity contribution in [1.29, 1.82) is 0 Å². The predicted molar refractivity (Wildman–Crippen MR) is 114 cm³/mol. The fourth-order valence-corrected chi connectivity index (χ4v) is 4.48. The summed E-state index contributed by atoms with van der Waals surface area (Å²) in [4.78, 5) is 13.6. The maximum atomic E-state index is 13.2. The molecule has 3 aromatic rings. The third-order valence-electron chi connectivity index (χ3n) is 4.11. The van der Waals surface area contributed by atoms with Crippen LogP contribution < -0.4 is 9.62 Å². The SMILES string of the molecule is CSc1ccc(NC(=O)CN(c2ccccc2)S(=O)(=O)c2ccc(F)cc2)cc1. The van der Waals surface area contributed by atoms with E-state index in [2.05, 4.69) is 5.32 Å². The predicted octanol–water partition coefficient (Wildman–Crippen LogP) is 4.38. The molecule has 29 heavy (non-hydrogen) atoms. The van der Waals surface area contributed by atoms with Crippen LogP contribution in [-0.2, 0) is 14.8 Å². The van der Waals surface area contributed by atoms with Crippen LogP contribution in [0.2, 0.25) is 0 Å². The molecule has 0 aliphatic rings. The monoisotopic (exact) mass is 430 g/mol. The molecule has 1 amide bonds. The zero-order valence-corrected chi connectivity index (χ0v) is 17.2. The number of rotatable bonds is 7. The van der Waals surface area contributed by atoms with Gasteiger partial charge in [0.2, 0.25) is 5.91 Å². The van der Waals surface area contributed by atoms with Gasteiger partial charge < -0.3 is 5.32 Å². The van der Waals surface area contributed by atoms with Crippen LogP contribution in [0.1, 0.15) is 0 Å². The van der Waals surface area contributed by atoms with Gasteiger partial charge in [0, 0.05) is 10.6 Å². The number of anilines is 2. The van der Waals surface area contributed by atoms with Gasteiger partial charge in [-0.05, 0) is 66.9 Å². The Morgan fingerprint density at radius 1 is 0.966 bits per heavy atom. The lowest BCUT2D eigenvalue weighted by molar-refractivity contribution is -0.114. The summed E-state index contributed by atoms with van der Waals surface area (Å²) in [5.74, 6) is -1.03. The fourth-order valence-electron chi connectivity index (χ4n) is 2.65. The van der Waals surface area contributed by atoms with Crippen molar-refractivity contribution in [3.8, 4) is 0 Å². The highest BCUT2D eigenvalue weighted by Gasteiger charge is 2.27. The van der Waals surface area contributed by atoms with Gasteiger partial charge in [-0.15, -0.1) is 11.8 Å². The minimum atomic E-state index is -4.07. The van der Waals surface area contributed by atoms with Crippen molar-refractivity contribution in [1.82, 2.24) is 0 Å². The highest BCUT2D eigenvalue weighted by atomic mass is 32.2. The van der Waals surface area contributed by atoms with Gasteiger partial charge in [0.05, 0.1) is 10.6 Å². The van der Waals surface area contributed by atoms with Crippen molar-refractivity contribution in [3.05, 3.63) is 84.7 Å². The summed E-state index contributed by atoms with van der Waals surface area (Å²) in [5, 5.41) is 2.71. The van der Waals surface area contributed by atoms with Crippen LogP contribution >= 0.6 is 11.8 Å². The molecule has 150 valence electrons. The Bertz CT molecular complexity index is 1070. The summed E-state index contributed by atoms with van der Waals surface area (Å²) in [6.07, 6.45) is 1.95. The van der Waals surface area contributed by atoms with Crippen LogP contribution in [0, 0.1) is 5.82 Å². The second kappa shape index (κ2) is 9.11. The first-order valence-electron chi connectivity index (χ1n) is 8.67. The standard InChI is InChI=1S/C21H19FN2O3S2/c1-28-19-11-9-17(10-12-19)23-21(25)15-24(18-5-3-2-4-6-18)29(26,27)20-13-7-16(22)8-14-20/h2-14H,15H2,1H3,(H,23,25). The Hall–Kier alpha value is -2.84. The Morgan fingerprint density at radius 3 is 2.17 bits per heavy atom. The normalized spacial score (nSPS) is 11.1. The summed E-state index contributed by atoms with van der Waals surface area (Å²) in [6.45, 7) is -0.423. The Kier molecular flexibility index (Phi) is 6.56. The second-order valence-corrected chi connectivity index (χ2v) is 8.82. The number of halogens is 1. The molecule has 0 saturated heterocycles. The van der Waals surface area contributed by atoms with Crippen molar-refractivity contribution in [2.45, 2.75) is 9.79 Å². The molecular weight excluding hydrogens is 411 g/mol. The number of thioether (sulfide) groups is 1. The van der Waals surface area contributed by atoms with E-state index < -0.39 is 28.3 Å². The third kappa shape index (κ3) is 5.16. The number of carbonyl (C=O) groups excluding carboxylic acids is 1. The summed E-state index contributed by atoms with van der Waals surface area (Å²) >= 11 is 1.58. The maximum absolute atomic E-state index is 13.2. The van der Waals surface area contributed by atoms with Gasteiger partial charge in [0.15, 0.2) is 0 Å². The Labute approximate surface area is 173 Å². The molecule has 3 aromatic carbocycles. The minimum Gasteiger partial charge on any atom is -0.325 e. The van der Waals surface area contributed by atoms with Gasteiger partial charge in [-0.25, -0.2) is 12.8 Å². The van der Waals surface area contributed by atoms with Crippen molar-refractivity contribution < 1.29 is 17.6 Å². The van der Waals surface area contributed by atoms with E-state index in [1.54, 1.807) is 54.2 Å². The molecule has 5 nitrogen and oxygen atoms in total. The molecule has 3 rings (SSSR count). The van der Waals surface area contributed by atoms with E-state index in [1.807, 2.05) is 18.4 Å². The average Bonchev–Trinajstić information content (AvgIpc) is 2.73. The molecule has 8 heteroatoms. The maximum Gasteiger partial charge on any atom is 0.264 e. The van der Waals surface area contributed by atoms with E-state index >= 15 is 0 Å². The van der Waals surface area contributed by atoms with E-state index in [0.717, 1.165) is 21.3 Å². The minimum absolute atomic E-state index is 0.0973. The largest absolute Gasteiger partial charge is 0.325 e. The van der Waals surface area contributed by atoms with Gasteiger partial charge in [0.25, 0.3) is 10.0 Å². The van der Waals surface area contributed by atoms with Gasteiger partial charge >= 0.3 is 0 Å². The van der Waals surface area contributed by atoms with Crippen LogP contribution in [0.15, 0.2) is 88.7 Å². The highest BCUT2D eigenvalue weighted by molar-refractivity contribution is 7.98. The lowest BCUT2D eigenvalue weighted by Gasteiger charge is -2.24. The van der Waals surface area contributed by atoms with Crippen molar-refractivity contribution in [2.24, 2.45) is 0 Å². The van der Waals surface area contributed by atoms with Crippen LogP contribution in [0.5, 0.6) is 0 Å². The number of sulfonamides is 1. The van der Waals surface area contributed by atoms with E-state index in [-0.39, 0.29) is 4.90 Å².